The molecule has 1 saturated heterocycles. The van der Waals surface area contributed by atoms with Crippen molar-refractivity contribution in [3.05, 3.63) is 24.0 Å². The second-order valence-corrected chi connectivity index (χ2v) is 6.31. The van der Waals surface area contributed by atoms with Crippen molar-refractivity contribution in [1.82, 2.24) is 0 Å². The average molecular weight is 250 g/mol. The van der Waals surface area contributed by atoms with E-state index in [0.717, 1.165) is 25.9 Å². The lowest BCUT2D eigenvalue weighted by Gasteiger charge is -2.40. The molecule has 1 aromatic rings. The Kier molecular flexibility index (Phi) is 3.51. The topological polar surface area (TPSA) is 29.3 Å². The fourth-order valence-corrected chi connectivity index (χ4v) is 2.83. The van der Waals surface area contributed by atoms with E-state index in [0.29, 0.717) is 22.7 Å². The highest BCUT2D eigenvalue weighted by molar-refractivity contribution is 5.68. The van der Waals surface area contributed by atoms with Crippen molar-refractivity contribution < 1.29 is 4.39 Å². The number of nitrogens with zero attached hydrogens (tertiary/aromatic N) is 1. The van der Waals surface area contributed by atoms with Crippen LogP contribution in [0.2, 0.25) is 0 Å². The van der Waals surface area contributed by atoms with Crippen molar-refractivity contribution in [3.8, 4) is 0 Å². The number of nitrogen functional groups attached to an aromatic ring is 1. The quantitative estimate of drug-likeness (QED) is 0.771. The normalized spacial score (nSPS) is 18.1. The van der Waals surface area contributed by atoms with Crippen molar-refractivity contribution in [2.24, 2.45) is 11.3 Å². The summed E-state index contributed by atoms with van der Waals surface area (Å²) in [6.45, 7) is 8.64. The van der Waals surface area contributed by atoms with Crippen LogP contribution in [0.25, 0.3) is 0 Å². The molecule has 1 fully saturated rings. The van der Waals surface area contributed by atoms with E-state index in [1.807, 2.05) is 0 Å². The first-order valence-electron chi connectivity index (χ1n) is 6.68. The van der Waals surface area contributed by atoms with Crippen molar-refractivity contribution in [2.45, 2.75) is 33.6 Å². The lowest BCUT2D eigenvalue weighted by atomic mass is 9.75. The van der Waals surface area contributed by atoms with Crippen LogP contribution < -0.4 is 10.6 Å². The summed E-state index contributed by atoms with van der Waals surface area (Å²) in [5.74, 6) is 0.506. The monoisotopic (exact) mass is 250 g/mol. The van der Waals surface area contributed by atoms with Crippen molar-refractivity contribution in [1.29, 1.82) is 0 Å². The van der Waals surface area contributed by atoms with Crippen LogP contribution >= 0.6 is 0 Å². The molecule has 0 saturated carbocycles. The van der Waals surface area contributed by atoms with Crippen LogP contribution in [0, 0.1) is 17.2 Å². The Morgan fingerprint density at radius 3 is 2.33 bits per heavy atom. The zero-order valence-electron chi connectivity index (χ0n) is 11.5. The van der Waals surface area contributed by atoms with Gasteiger partial charge in [0, 0.05) is 13.1 Å². The van der Waals surface area contributed by atoms with Gasteiger partial charge in [0.25, 0.3) is 0 Å². The summed E-state index contributed by atoms with van der Waals surface area (Å²) in [7, 11) is 0. The van der Waals surface area contributed by atoms with E-state index < -0.39 is 0 Å². The molecule has 0 atom stereocenters. The van der Waals surface area contributed by atoms with Crippen LogP contribution in [0.15, 0.2) is 18.2 Å². The lowest BCUT2D eigenvalue weighted by molar-refractivity contribution is 0.199. The molecular formula is C15H23FN2. The maximum atomic E-state index is 13.8. The molecule has 2 nitrogen and oxygen atoms in total. The van der Waals surface area contributed by atoms with Gasteiger partial charge in [0.2, 0.25) is 0 Å². The van der Waals surface area contributed by atoms with Gasteiger partial charge >= 0.3 is 0 Å². The second kappa shape index (κ2) is 4.79. The molecule has 1 aliphatic rings. The van der Waals surface area contributed by atoms with E-state index in [-0.39, 0.29) is 5.82 Å². The predicted molar refractivity (Wildman–Crippen MR) is 75.2 cm³/mol. The first kappa shape index (κ1) is 13.2. The van der Waals surface area contributed by atoms with Gasteiger partial charge in [0.1, 0.15) is 5.82 Å². The van der Waals surface area contributed by atoms with Gasteiger partial charge in [-0.15, -0.1) is 0 Å². The predicted octanol–water partition coefficient (Wildman–Crippen LogP) is 3.67. The smallest absolute Gasteiger partial charge is 0.148 e. The standard InChI is InChI=1S/C15H23FN2/c1-15(2,3)11-7-9-18(10-8-11)14-12(16)5-4-6-13(14)17/h4-6,11H,7-10,17H2,1-3H3. The molecule has 0 amide bonds. The Labute approximate surface area is 109 Å². The Balaban J connectivity index is 2.11. The van der Waals surface area contributed by atoms with E-state index in [9.17, 15) is 4.39 Å². The summed E-state index contributed by atoms with van der Waals surface area (Å²) >= 11 is 0. The number of benzene rings is 1. The van der Waals surface area contributed by atoms with E-state index in [2.05, 4.69) is 25.7 Å². The number of rotatable bonds is 1. The molecule has 0 aliphatic carbocycles. The maximum Gasteiger partial charge on any atom is 0.148 e. The molecule has 1 aliphatic heterocycles. The number of hydrogen-bond donors (Lipinski definition) is 1. The summed E-state index contributed by atoms with van der Waals surface area (Å²) in [6.07, 6.45) is 2.22. The third-order valence-electron chi connectivity index (χ3n) is 4.05. The van der Waals surface area contributed by atoms with Crippen molar-refractivity contribution in [2.75, 3.05) is 23.7 Å². The van der Waals surface area contributed by atoms with Crippen LogP contribution in [-0.4, -0.2) is 13.1 Å². The SMILES string of the molecule is CC(C)(C)C1CCN(c2c(N)cccc2F)CC1. The molecule has 2 rings (SSSR count). The molecule has 2 N–H and O–H groups in total. The third kappa shape index (κ3) is 2.60. The number of hydrogen-bond acceptors (Lipinski definition) is 2. The van der Waals surface area contributed by atoms with Gasteiger partial charge in [-0.25, -0.2) is 4.39 Å². The fourth-order valence-electron chi connectivity index (χ4n) is 2.83. The highest BCUT2D eigenvalue weighted by Gasteiger charge is 2.29. The minimum atomic E-state index is -0.204. The summed E-state index contributed by atoms with van der Waals surface area (Å²) in [6, 6.07) is 4.92. The molecule has 0 bridgehead atoms. The molecule has 1 heterocycles. The van der Waals surface area contributed by atoms with Gasteiger partial charge in [0.05, 0.1) is 11.4 Å². The molecule has 0 spiro atoms. The molecule has 100 valence electrons. The summed E-state index contributed by atoms with van der Waals surface area (Å²) in [5.41, 5.74) is 7.36. The largest absolute Gasteiger partial charge is 0.397 e. The molecule has 3 heteroatoms. The second-order valence-electron chi connectivity index (χ2n) is 6.31. The summed E-state index contributed by atoms with van der Waals surface area (Å²) < 4.78 is 13.8. The molecular weight excluding hydrogens is 227 g/mol. The van der Waals surface area contributed by atoms with E-state index in [1.165, 1.54) is 6.07 Å². The number of halogens is 1. The van der Waals surface area contributed by atoms with Crippen LogP contribution in [0.4, 0.5) is 15.8 Å². The van der Waals surface area contributed by atoms with Gasteiger partial charge in [-0.1, -0.05) is 26.8 Å². The van der Waals surface area contributed by atoms with E-state index in [4.69, 9.17) is 5.73 Å². The molecule has 0 aromatic heterocycles. The van der Waals surface area contributed by atoms with Crippen molar-refractivity contribution >= 4 is 11.4 Å². The Morgan fingerprint density at radius 1 is 1.22 bits per heavy atom. The average Bonchev–Trinajstić information content (AvgIpc) is 2.28. The van der Waals surface area contributed by atoms with Gasteiger partial charge in [-0.05, 0) is 36.3 Å². The number of anilines is 2. The summed E-state index contributed by atoms with van der Waals surface area (Å²) in [4.78, 5) is 2.09. The van der Waals surface area contributed by atoms with Crippen molar-refractivity contribution in [3.63, 3.8) is 0 Å². The first-order valence-corrected chi connectivity index (χ1v) is 6.68. The van der Waals surface area contributed by atoms with E-state index in [1.54, 1.807) is 12.1 Å². The maximum absolute atomic E-state index is 13.8. The third-order valence-corrected chi connectivity index (χ3v) is 4.05. The Hall–Kier alpha value is -1.25. The number of piperidine rings is 1. The van der Waals surface area contributed by atoms with Gasteiger partial charge in [-0.3, -0.25) is 0 Å². The van der Waals surface area contributed by atoms with Crippen LogP contribution in [-0.2, 0) is 0 Å². The van der Waals surface area contributed by atoms with Gasteiger partial charge in [-0.2, -0.15) is 0 Å². The molecule has 0 radical (unpaired) electrons. The van der Waals surface area contributed by atoms with Gasteiger partial charge < -0.3 is 10.6 Å². The highest BCUT2D eigenvalue weighted by atomic mass is 19.1. The molecule has 1 aromatic carbocycles. The minimum absolute atomic E-state index is 0.204. The van der Waals surface area contributed by atoms with Crippen LogP contribution in [0.1, 0.15) is 33.6 Å². The minimum Gasteiger partial charge on any atom is -0.397 e. The summed E-state index contributed by atoms with van der Waals surface area (Å²) in [5, 5.41) is 0. The highest BCUT2D eigenvalue weighted by Crippen LogP contribution is 2.37. The Bertz CT molecular complexity index is 395. The van der Waals surface area contributed by atoms with Crippen LogP contribution in [0.5, 0.6) is 0 Å². The first-order chi connectivity index (χ1) is 8.39. The number of nitrogens with two attached hydrogens (primary N) is 1. The van der Waals surface area contributed by atoms with Crippen LogP contribution in [0.3, 0.4) is 0 Å². The zero-order valence-corrected chi connectivity index (χ0v) is 11.5. The molecule has 0 unspecified atom stereocenters. The lowest BCUT2D eigenvalue weighted by Crippen LogP contribution is -2.38. The van der Waals surface area contributed by atoms with Gasteiger partial charge in [0.15, 0.2) is 0 Å². The molecule has 18 heavy (non-hydrogen) atoms. The zero-order chi connectivity index (χ0) is 13.3. The van der Waals surface area contributed by atoms with E-state index >= 15 is 0 Å². The number of para-hydroxylation sites is 1. The fraction of sp³-hybridized carbons (Fsp3) is 0.600. The Morgan fingerprint density at radius 2 is 1.83 bits per heavy atom.